The van der Waals surface area contributed by atoms with Crippen LogP contribution < -0.4 is 0 Å². The molecule has 94 valence electrons. The normalized spacial score (nSPS) is 10.8. The van der Waals surface area contributed by atoms with Gasteiger partial charge in [-0.05, 0) is 29.8 Å². The third-order valence-electron chi connectivity index (χ3n) is 2.87. The largest absolute Gasteiger partial charge is 0.255 e. The highest BCUT2D eigenvalue weighted by atomic mass is 79.9. The summed E-state index contributed by atoms with van der Waals surface area (Å²) < 4.78 is 1.09. The molecule has 0 N–H and O–H groups in total. The minimum Gasteiger partial charge on any atom is -0.255 e. The van der Waals surface area contributed by atoms with Crippen LogP contribution in [0.1, 0.15) is 5.56 Å². The Labute approximate surface area is 125 Å². The zero-order valence-electron chi connectivity index (χ0n) is 10.2. The number of halogens is 1. The first kappa shape index (κ1) is 12.7. The lowest BCUT2D eigenvalue weighted by molar-refractivity contribution is 1.29. The quantitative estimate of drug-likeness (QED) is 0.605. The lowest BCUT2D eigenvalue weighted by atomic mass is 10.2. The van der Waals surface area contributed by atoms with E-state index in [4.69, 9.17) is 0 Å². The summed E-state index contributed by atoms with van der Waals surface area (Å²) in [5, 5.41) is 1.17. The number of benzene rings is 2. The van der Waals surface area contributed by atoms with Gasteiger partial charge in [-0.25, -0.2) is 0 Å². The number of pyridine rings is 1. The summed E-state index contributed by atoms with van der Waals surface area (Å²) >= 11 is 5.31. The van der Waals surface area contributed by atoms with Gasteiger partial charge in [0.1, 0.15) is 0 Å². The molecule has 0 radical (unpaired) electrons. The van der Waals surface area contributed by atoms with Crippen LogP contribution >= 0.6 is 27.7 Å². The Morgan fingerprint density at radius 2 is 1.84 bits per heavy atom. The van der Waals surface area contributed by atoms with Crippen molar-refractivity contribution >= 4 is 38.6 Å². The second kappa shape index (κ2) is 5.76. The summed E-state index contributed by atoms with van der Waals surface area (Å²) in [4.78, 5) is 5.70. The molecule has 1 aromatic heterocycles. The zero-order valence-corrected chi connectivity index (χ0v) is 12.6. The molecule has 0 aliphatic heterocycles. The molecule has 0 atom stereocenters. The second-order valence-electron chi connectivity index (χ2n) is 4.28. The summed E-state index contributed by atoms with van der Waals surface area (Å²) in [7, 11) is 0. The first-order valence-electron chi connectivity index (χ1n) is 6.03. The molecule has 0 saturated heterocycles. The average Bonchev–Trinajstić information content (AvgIpc) is 2.46. The molecule has 0 amide bonds. The summed E-state index contributed by atoms with van der Waals surface area (Å²) in [6.07, 6.45) is 1.95. The van der Waals surface area contributed by atoms with Crippen molar-refractivity contribution in [2.75, 3.05) is 0 Å². The van der Waals surface area contributed by atoms with Crippen molar-refractivity contribution in [3.8, 4) is 0 Å². The maximum Gasteiger partial charge on any atom is 0.0703 e. The molecule has 1 nitrogen and oxygen atoms in total. The van der Waals surface area contributed by atoms with Crippen molar-refractivity contribution < 1.29 is 0 Å². The minimum atomic E-state index is 0.974. The van der Waals surface area contributed by atoms with Gasteiger partial charge in [0, 0.05) is 26.7 Å². The Balaban J connectivity index is 1.81. The monoisotopic (exact) mass is 329 g/mol. The molecule has 0 bridgehead atoms. The van der Waals surface area contributed by atoms with Crippen LogP contribution in [-0.2, 0) is 5.75 Å². The number of nitrogens with zero attached hydrogens (tertiary/aromatic N) is 1. The highest BCUT2D eigenvalue weighted by Gasteiger charge is 2.00. The van der Waals surface area contributed by atoms with Crippen molar-refractivity contribution in [1.82, 2.24) is 4.98 Å². The summed E-state index contributed by atoms with van der Waals surface area (Å²) in [5.41, 5.74) is 2.37. The van der Waals surface area contributed by atoms with E-state index in [0.717, 1.165) is 15.7 Å². The molecule has 19 heavy (non-hydrogen) atoms. The van der Waals surface area contributed by atoms with Crippen molar-refractivity contribution in [3.05, 3.63) is 70.8 Å². The minimum absolute atomic E-state index is 0.974. The fourth-order valence-electron chi connectivity index (χ4n) is 1.90. The van der Waals surface area contributed by atoms with Gasteiger partial charge in [0.05, 0.1) is 5.52 Å². The number of hydrogen-bond acceptors (Lipinski definition) is 2. The second-order valence-corrected chi connectivity index (χ2v) is 6.25. The lowest BCUT2D eigenvalue weighted by Crippen LogP contribution is -1.83. The predicted molar refractivity (Wildman–Crippen MR) is 85.4 cm³/mol. The molecule has 0 fully saturated rings. The molecule has 3 rings (SSSR count). The third-order valence-corrected chi connectivity index (χ3v) is 4.39. The molecule has 2 aromatic carbocycles. The van der Waals surface area contributed by atoms with Crippen molar-refractivity contribution in [2.24, 2.45) is 0 Å². The lowest BCUT2D eigenvalue weighted by Gasteiger charge is -2.04. The number of thioether (sulfide) groups is 1. The smallest absolute Gasteiger partial charge is 0.0703 e. The van der Waals surface area contributed by atoms with Crippen LogP contribution in [0.25, 0.3) is 10.9 Å². The fraction of sp³-hybridized carbons (Fsp3) is 0.0625. The Morgan fingerprint density at radius 3 is 2.68 bits per heavy atom. The van der Waals surface area contributed by atoms with Gasteiger partial charge in [0.25, 0.3) is 0 Å². The Hall–Kier alpha value is -1.32. The van der Waals surface area contributed by atoms with Crippen molar-refractivity contribution in [2.45, 2.75) is 10.6 Å². The fourth-order valence-corrected chi connectivity index (χ4v) is 3.14. The van der Waals surface area contributed by atoms with Crippen LogP contribution in [0.3, 0.4) is 0 Å². The van der Waals surface area contributed by atoms with Crippen LogP contribution in [0.15, 0.2) is 70.2 Å². The summed E-state index contributed by atoms with van der Waals surface area (Å²) in [6, 6.07) is 18.9. The van der Waals surface area contributed by atoms with Gasteiger partial charge in [-0.3, -0.25) is 4.98 Å². The van der Waals surface area contributed by atoms with E-state index in [1.165, 1.54) is 15.8 Å². The van der Waals surface area contributed by atoms with Gasteiger partial charge >= 0.3 is 0 Å². The van der Waals surface area contributed by atoms with Gasteiger partial charge < -0.3 is 0 Å². The highest BCUT2D eigenvalue weighted by Crippen LogP contribution is 2.26. The molecule has 3 heteroatoms. The SMILES string of the molecule is Brc1ccc2ncc(SCc3ccccc3)cc2c1. The molecule has 0 saturated carbocycles. The standard InChI is InChI=1S/C16H12BrNS/c17-14-6-7-16-13(8-14)9-15(10-18-16)19-11-12-4-2-1-3-5-12/h1-10H,11H2. The van der Waals surface area contributed by atoms with Gasteiger partial charge in [-0.15, -0.1) is 11.8 Å². The van der Waals surface area contributed by atoms with E-state index in [1.807, 2.05) is 36.2 Å². The number of hydrogen-bond donors (Lipinski definition) is 0. The van der Waals surface area contributed by atoms with Crippen molar-refractivity contribution in [3.63, 3.8) is 0 Å². The first-order valence-corrected chi connectivity index (χ1v) is 7.81. The Bertz CT molecular complexity index is 697. The van der Waals surface area contributed by atoms with E-state index >= 15 is 0 Å². The highest BCUT2D eigenvalue weighted by molar-refractivity contribution is 9.10. The maximum atomic E-state index is 4.49. The number of aromatic nitrogens is 1. The van der Waals surface area contributed by atoms with Crippen LogP contribution in [0.4, 0.5) is 0 Å². The molecular weight excluding hydrogens is 318 g/mol. The molecular formula is C16H12BrNS. The zero-order chi connectivity index (χ0) is 13.1. The number of fused-ring (bicyclic) bond motifs is 1. The average molecular weight is 330 g/mol. The molecule has 0 spiro atoms. The van der Waals surface area contributed by atoms with Crippen LogP contribution in [0, 0.1) is 0 Å². The molecule has 3 aromatic rings. The topological polar surface area (TPSA) is 12.9 Å². The van der Waals surface area contributed by atoms with Crippen LogP contribution in [-0.4, -0.2) is 4.98 Å². The number of rotatable bonds is 3. The van der Waals surface area contributed by atoms with Crippen LogP contribution in [0.5, 0.6) is 0 Å². The van der Waals surface area contributed by atoms with Crippen molar-refractivity contribution in [1.29, 1.82) is 0 Å². The summed E-state index contributed by atoms with van der Waals surface area (Å²) in [6.45, 7) is 0. The molecule has 0 aliphatic carbocycles. The van der Waals surface area contributed by atoms with Gasteiger partial charge in [0.15, 0.2) is 0 Å². The summed E-state index contributed by atoms with van der Waals surface area (Å²) in [5.74, 6) is 0.974. The van der Waals surface area contributed by atoms with Gasteiger partial charge in [-0.2, -0.15) is 0 Å². The Morgan fingerprint density at radius 1 is 1.00 bits per heavy atom. The van der Waals surface area contributed by atoms with Gasteiger partial charge in [0.2, 0.25) is 0 Å². The van der Waals surface area contributed by atoms with E-state index in [-0.39, 0.29) is 0 Å². The van der Waals surface area contributed by atoms with E-state index in [1.54, 1.807) is 0 Å². The molecule has 1 heterocycles. The van der Waals surface area contributed by atoms with Gasteiger partial charge in [-0.1, -0.05) is 46.3 Å². The van der Waals surface area contributed by atoms with E-state index in [0.29, 0.717) is 0 Å². The van der Waals surface area contributed by atoms with E-state index in [9.17, 15) is 0 Å². The van der Waals surface area contributed by atoms with Crippen LogP contribution in [0.2, 0.25) is 0 Å². The third kappa shape index (κ3) is 3.17. The predicted octanol–water partition coefficient (Wildman–Crippen LogP) is 5.29. The molecule has 0 unspecified atom stereocenters. The van der Waals surface area contributed by atoms with E-state index < -0.39 is 0 Å². The van der Waals surface area contributed by atoms with E-state index in [2.05, 4.69) is 57.3 Å². The maximum absolute atomic E-state index is 4.49. The first-order chi connectivity index (χ1) is 9.31. The Kier molecular flexibility index (Phi) is 3.85. The molecule has 0 aliphatic rings.